The molecule has 1 N–H and O–H groups in total. The van der Waals surface area contributed by atoms with Gasteiger partial charge in [0.25, 0.3) is 0 Å². The lowest BCUT2D eigenvalue weighted by atomic mass is 10.1. The van der Waals surface area contributed by atoms with Gasteiger partial charge in [0.2, 0.25) is 9.84 Å². The fourth-order valence-electron chi connectivity index (χ4n) is 3.48. The Labute approximate surface area is 160 Å². The first kappa shape index (κ1) is 17.9. The quantitative estimate of drug-likeness (QED) is 0.755. The first-order valence-corrected chi connectivity index (χ1v) is 10.6. The number of rotatable bonds is 3. The van der Waals surface area contributed by atoms with Gasteiger partial charge in [0, 0.05) is 43.4 Å². The van der Waals surface area contributed by atoms with E-state index in [1.807, 2.05) is 26.0 Å². The Morgan fingerprint density at radius 1 is 0.926 bits per heavy atom. The Morgan fingerprint density at radius 2 is 1.63 bits per heavy atom. The number of anilines is 1. The second-order valence-electron chi connectivity index (χ2n) is 7.00. The molecule has 0 spiro atoms. The predicted molar refractivity (Wildman–Crippen MR) is 108 cm³/mol. The Bertz CT molecular complexity index is 1100. The van der Waals surface area contributed by atoms with Crippen molar-refractivity contribution in [1.29, 1.82) is 0 Å². The van der Waals surface area contributed by atoms with Crippen molar-refractivity contribution < 1.29 is 8.42 Å². The SMILES string of the molecule is Cc1ccc(S(=O)(=O)c2ccc3nccc(N4CCNCC4)c3c2)cc1C. The molecule has 5 nitrogen and oxygen atoms in total. The number of aromatic nitrogens is 1. The number of hydrogen-bond donors (Lipinski definition) is 1. The number of benzene rings is 2. The van der Waals surface area contributed by atoms with Crippen LogP contribution in [0.2, 0.25) is 0 Å². The third-order valence-electron chi connectivity index (χ3n) is 5.25. The summed E-state index contributed by atoms with van der Waals surface area (Å²) in [4.78, 5) is 7.34. The summed E-state index contributed by atoms with van der Waals surface area (Å²) in [6, 6.07) is 12.5. The Balaban J connectivity index is 1.83. The highest BCUT2D eigenvalue weighted by atomic mass is 32.2. The summed E-state index contributed by atoms with van der Waals surface area (Å²) in [5, 5.41) is 4.23. The van der Waals surface area contributed by atoms with Crippen molar-refractivity contribution in [3.63, 3.8) is 0 Å². The van der Waals surface area contributed by atoms with Crippen molar-refractivity contribution in [1.82, 2.24) is 10.3 Å². The highest BCUT2D eigenvalue weighted by Gasteiger charge is 2.20. The predicted octanol–water partition coefficient (Wildman–Crippen LogP) is 3.09. The fraction of sp³-hybridized carbons (Fsp3) is 0.286. The minimum absolute atomic E-state index is 0.308. The molecule has 140 valence electrons. The highest BCUT2D eigenvalue weighted by molar-refractivity contribution is 7.91. The zero-order valence-electron chi connectivity index (χ0n) is 15.6. The van der Waals surface area contributed by atoms with E-state index >= 15 is 0 Å². The van der Waals surface area contributed by atoms with Crippen LogP contribution in [-0.4, -0.2) is 39.6 Å². The molecule has 2 aromatic carbocycles. The molecule has 0 radical (unpaired) electrons. The number of pyridine rings is 1. The monoisotopic (exact) mass is 381 g/mol. The van der Waals surface area contributed by atoms with Crippen LogP contribution in [-0.2, 0) is 9.84 Å². The van der Waals surface area contributed by atoms with Crippen molar-refractivity contribution in [2.24, 2.45) is 0 Å². The molecule has 3 aromatic rings. The fourth-order valence-corrected chi connectivity index (χ4v) is 4.85. The van der Waals surface area contributed by atoms with Gasteiger partial charge in [-0.2, -0.15) is 0 Å². The van der Waals surface area contributed by atoms with Gasteiger partial charge in [0.1, 0.15) is 0 Å². The maximum atomic E-state index is 13.2. The van der Waals surface area contributed by atoms with Gasteiger partial charge < -0.3 is 10.2 Å². The first-order chi connectivity index (χ1) is 13.0. The maximum absolute atomic E-state index is 13.2. The smallest absolute Gasteiger partial charge is 0.206 e. The molecule has 1 aliphatic rings. The van der Waals surface area contributed by atoms with Crippen molar-refractivity contribution in [2.75, 3.05) is 31.1 Å². The molecular formula is C21H23N3O2S. The van der Waals surface area contributed by atoms with Crippen molar-refractivity contribution in [3.8, 4) is 0 Å². The summed E-state index contributed by atoms with van der Waals surface area (Å²) in [6.45, 7) is 7.55. The van der Waals surface area contributed by atoms with Crippen LogP contribution in [0.3, 0.4) is 0 Å². The van der Waals surface area contributed by atoms with Gasteiger partial charge in [-0.1, -0.05) is 6.07 Å². The average Bonchev–Trinajstić information content (AvgIpc) is 2.69. The number of fused-ring (bicyclic) bond motifs is 1. The third kappa shape index (κ3) is 3.31. The molecule has 0 atom stereocenters. The second kappa shape index (κ2) is 6.94. The number of piperazine rings is 1. The Kier molecular flexibility index (Phi) is 4.61. The number of nitrogens with one attached hydrogen (secondary N) is 1. The first-order valence-electron chi connectivity index (χ1n) is 9.13. The largest absolute Gasteiger partial charge is 0.368 e. The van der Waals surface area contributed by atoms with Gasteiger partial charge in [0.05, 0.1) is 15.3 Å². The molecule has 1 fully saturated rings. The average molecular weight is 382 g/mol. The van der Waals surface area contributed by atoms with Crippen LogP contribution in [0.5, 0.6) is 0 Å². The Hall–Kier alpha value is -2.44. The lowest BCUT2D eigenvalue weighted by Crippen LogP contribution is -2.43. The number of sulfone groups is 1. The van der Waals surface area contributed by atoms with E-state index in [2.05, 4.69) is 15.2 Å². The van der Waals surface area contributed by atoms with E-state index in [1.165, 1.54) is 0 Å². The molecule has 1 saturated heterocycles. The summed E-state index contributed by atoms with van der Waals surface area (Å²) < 4.78 is 26.4. The van der Waals surface area contributed by atoms with Crippen LogP contribution in [0.25, 0.3) is 10.9 Å². The molecule has 0 unspecified atom stereocenters. The lowest BCUT2D eigenvalue weighted by molar-refractivity contribution is 0.590. The molecule has 0 saturated carbocycles. The maximum Gasteiger partial charge on any atom is 0.206 e. The van der Waals surface area contributed by atoms with Crippen LogP contribution >= 0.6 is 0 Å². The van der Waals surface area contributed by atoms with E-state index in [4.69, 9.17) is 0 Å². The summed E-state index contributed by atoms with van der Waals surface area (Å²) >= 11 is 0. The van der Waals surface area contributed by atoms with E-state index < -0.39 is 9.84 Å². The van der Waals surface area contributed by atoms with E-state index in [-0.39, 0.29) is 0 Å². The van der Waals surface area contributed by atoms with Gasteiger partial charge in [-0.15, -0.1) is 0 Å². The molecule has 0 bridgehead atoms. The second-order valence-corrected chi connectivity index (χ2v) is 8.95. The molecular weight excluding hydrogens is 358 g/mol. The molecule has 2 heterocycles. The van der Waals surface area contributed by atoms with Gasteiger partial charge in [-0.3, -0.25) is 4.98 Å². The van der Waals surface area contributed by atoms with Gasteiger partial charge >= 0.3 is 0 Å². The number of aryl methyl sites for hydroxylation is 2. The van der Waals surface area contributed by atoms with Crippen LogP contribution in [0, 0.1) is 13.8 Å². The number of hydrogen-bond acceptors (Lipinski definition) is 5. The molecule has 1 aromatic heterocycles. The van der Waals surface area contributed by atoms with Crippen LogP contribution in [0.1, 0.15) is 11.1 Å². The highest BCUT2D eigenvalue weighted by Crippen LogP contribution is 2.30. The van der Waals surface area contributed by atoms with Gasteiger partial charge in [0.15, 0.2) is 0 Å². The van der Waals surface area contributed by atoms with Gasteiger partial charge in [-0.25, -0.2) is 8.42 Å². The number of nitrogens with zero attached hydrogens (tertiary/aromatic N) is 2. The summed E-state index contributed by atoms with van der Waals surface area (Å²) in [5.74, 6) is 0. The zero-order valence-corrected chi connectivity index (χ0v) is 16.4. The topological polar surface area (TPSA) is 62.3 Å². The molecule has 4 rings (SSSR count). The van der Waals surface area contributed by atoms with Crippen molar-refractivity contribution >= 4 is 26.4 Å². The van der Waals surface area contributed by atoms with Crippen LogP contribution in [0.15, 0.2) is 58.5 Å². The summed E-state index contributed by atoms with van der Waals surface area (Å²) in [6.07, 6.45) is 1.79. The summed E-state index contributed by atoms with van der Waals surface area (Å²) in [5.41, 5.74) is 3.90. The Morgan fingerprint density at radius 3 is 2.37 bits per heavy atom. The van der Waals surface area contributed by atoms with E-state index in [1.54, 1.807) is 36.5 Å². The van der Waals surface area contributed by atoms with Gasteiger partial charge in [-0.05, 0) is 61.4 Å². The molecule has 0 aliphatic carbocycles. The third-order valence-corrected chi connectivity index (χ3v) is 7.00. The zero-order chi connectivity index (χ0) is 19.0. The van der Waals surface area contributed by atoms with E-state index in [9.17, 15) is 8.42 Å². The normalized spacial score (nSPS) is 15.3. The van der Waals surface area contributed by atoms with Crippen molar-refractivity contribution in [3.05, 3.63) is 59.8 Å². The lowest BCUT2D eigenvalue weighted by Gasteiger charge is -2.30. The van der Waals surface area contributed by atoms with Crippen molar-refractivity contribution in [2.45, 2.75) is 23.6 Å². The van der Waals surface area contributed by atoms with Crippen LogP contribution in [0.4, 0.5) is 5.69 Å². The minimum atomic E-state index is -3.58. The molecule has 0 amide bonds. The summed E-state index contributed by atoms with van der Waals surface area (Å²) in [7, 11) is -3.58. The van der Waals surface area contributed by atoms with E-state index in [0.29, 0.717) is 9.79 Å². The van der Waals surface area contributed by atoms with E-state index in [0.717, 1.165) is 53.9 Å². The molecule has 1 aliphatic heterocycles. The minimum Gasteiger partial charge on any atom is -0.368 e. The standard InChI is InChI=1S/C21H23N3O2S/c1-15-3-4-17(13-16(15)2)27(25,26)18-5-6-20-19(14-18)21(7-8-23-20)24-11-9-22-10-12-24/h3-8,13-14,22H,9-12H2,1-2H3. The molecule has 27 heavy (non-hydrogen) atoms. The van der Waals surface area contributed by atoms with Crippen LogP contribution < -0.4 is 10.2 Å². The molecule has 6 heteroatoms.